The Bertz CT molecular complexity index is 1450. The van der Waals surface area contributed by atoms with Gasteiger partial charge in [0.1, 0.15) is 27.0 Å². The lowest BCUT2D eigenvalue weighted by atomic mass is 9.97. The van der Waals surface area contributed by atoms with E-state index in [1.807, 2.05) is 48.5 Å². The van der Waals surface area contributed by atoms with Gasteiger partial charge in [0.15, 0.2) is 0 Å². The van der Waals surface area contributed by atoms with Gasteiger partial charge >= 0.3 is 5.97 Å². The molecule has 4 rings (SSSR count). The number of hydrogen-bond acceptors (Lipinski definition) is 7. The van der Waals surface area contributed by atoms with Crippen molar-refractivity contribution in [3.8, 4) is 22.6 Å². The first-order valence-electron chi connectivity index (χ1n) is 10.6. The molecule has 8 heteroatoms. The first kappa shape index (κ1) is 23.4. The number of carbonyl (C=O) groups is 1. The van der Waals surface area contributed by atoms with Gasteiger partial charge in [0, 0.05) is 23.4 Å². The lowest BCUT2D eigenvalue weighted by Crippen LogP contribution is -2.18. The van der Waals surface area contributed by atoms with Crippen LogP contribution >= 0.6 is 0 Å². The summed E-state index contributed by atoms with van der Waals surface area (Å²) in [6.07, 6.45) is 4.86. The van der Waals surface area contributed by atoms with E-state index in [4.69, 9.17) is 4.74 Å². The Hall–Kier alpha value is -3.78. The maximum atomic E-state index is 12.0. The number of pyridine rings is 2. The molecule has 34 heavy (non-hydrogen) atoms. The SMILES string of the molecule is COC(=O)c1ccc(Oc2cccc(-c3cc(CC(C)S(C)(=O)=O)cc4cccnc34)c2)cn1. The summed E-state index contributed by atoms with van der Waals surface area (Å²) in [4.78, 5) is 20.2. The van der Waals surface area contributed by atoms with Crippen molar-refractivity contribution in [3.63, 3.8) is 0 Å². The van der Waals surface area contributed by atoms with E-state index in [9.17, 15) is 13.2 Å². The third kappa shape index (κ3) is 5.23. The molecule has 0 bridgehead atoms. The van der Waals surface area contributed by atoms with Crippen LogP contribution < -0.4 is 4.74 Å². The van der Waals surface area contributed by atoms with E-state index >= 15 is 0 Å². The number of ether oxygens (including phenoxy) is 2. The van der Waals surface area contributed by atoms with Crippen molar-refractivity contribution in [1.82, 2.24) is 9.97 Å². The molecule has 0 fully saturated rings. The molecule has 0 spiro atoms. The fourth-order valence-electron chi connectivity index (χ4n) is 3.60. The highest BCUT2D eigenvalue weighted by molar-refractivity contribution is 7.91. The topological polar surface area (TPSA) is 95.5 Å². The highest BCUT2D eigenvalue weighted by Gasteiger charge is 2.17. The minimum Gasteiger partial charge on any atom is -0.464 e. The van der Waals surface area contributed by atoms with Gasteiger partial charge in [0.2, 0.25) is 0 Å². The van der Waals surface area contributed by atoms with Gasteiger partial charge in [0.05, 0.1) is 24.1 Å². The molecule has 0 aliphatic heterocycles. The summed E-state index contributed by atoms with van der Waals surface area (Å²) in [5, 5.41) is 0.439. The lowest BCUT2D eigenvalue weighted by molar-refractivity contribution is 0.0594. The zero-order valence-corrected chi connectivity index (χ0v) is 19.9. The Balaban J connectivity index is 1.69. The number of hydrogen-bond donors (Lipinski definition) is 0. The average molecular weight is 477 g/mol. The molecule has 174 valence electrons. The van der Waals surface area contributed by atoms with Crippen LogP contribution in [-0.2, 0) is 21.0 Å². The molecule has 0 saturated heterocycles. The summed E-state index contributed by atoms with van der Waals surface area (Å²) < 4.78 is 34.6. The van der Waals surface area contributed by atoms with Gasteiger partial charge < -0.3 is 9.47 Å². The Kier molecular flexibility index (Phi) is 6.61. The van der Waals surface area contributed by atoms with E-state index in [-0.39, 0.29) is 5.69 Å². The van der Waals surface area contributed by atoms with Crippen LogP contribution in [0.3, 0.4) is 0 Å². The zero-order chi connectivity index (χ0) is 24.3. The third-order valence-corrected chi connectivity index (χ3v) is 7.16. The molecule has 0 saturated carbocycles. The quantitative estimate of drug-likeness (QED) is 0.352. The molecule has 2 aromatic carbocycles. The van der Waals surface area contributed by atoms with E-state index in [1.54, 1.807) is 19.2 Å². The maximum absolute atomic E-state index is 12.0. The largest absolute Gasteiger partial charge is 0.464 e. The number of fused-ring (bicyclic) bond motifs is 1. The molecular weight excluding hydrogens is 452 g/mol. The third-order valence-electron chi connectivity index (χ3n) is 5.53. The van der Waals surface area contributed by atoms with E-state index in [2.05, 4.69) is 14.7 Å². The second kappa shape index (κ2) is 9.61. The van der Waals surface area contributed by atoms with Gasteiger partial charge in [0.25, 0.3) is 0 Å². The number of carbonyl (C=O) groups excluding carboxylic acids is 1. The highest BCUT2D eigenvalue weighted by Crippen LogP contribution is 2.33. The fraction of sp³-hybridized carbons (Fsp3) is 0.192. The van der Waals surface area contributed by atoms with Crippen molar-refractivity contribution in [2.24, 2.45) is 0 Å². The number of rotatable bonds is 7. The van der Waals surface area contributed by atoms with E-state index in [1.165, 1.54) is 25.6 Å². The smallest absolute Gasteiger partial charge is 0.356 e. The summed E-state index contributed by atoms with van der Waals surface area (Å²) in [6, 6.07) is 18.5. The number of nitrogens with zero attached hydrogens (tertiary/aromatic N) is 2. The predicted molar refractivity (Wildman–Crippen MR) is 131 cm³/mol. The molecule has 1 atom stereocenters. The summed E-state index contributed by atoms with van der Waals surface area (Å²) in [7, 11) is -1.85. The van der Waals surface area contributed by atoms with Crippen LogP contribution in [0.2, 0.25) is 0 Å². The van der Waals surface area contributed by atoms with Crippen LogP contribution in [0, 0.1) is 0 Å². The number of sulfone groups is 1. The minimum absolute atomic E-state index is 0.196. The molecule has 7 nitrogen and oxygen atoms in total. The Morgan fingerprint density at radius 3 is 2.53 bits per heavy atom. The van der Waals surface area contributed by atoms with Crippen molar-refractivity contribution in [2.45, 2.75) is 18.6 Å². The molecule has 0 amide bonds. The van der Waals surface area contributed by atoms with Crippen molar-refractivity contribution < 1.29 is 22.7 Å². The predicted octanol–water partition coefficient (Wildman–Crippen LogP) is 4.85. The van der Waals surface area contributed by atoms with Gasteiger partial charge in [-0.1, -0.05) is 18.2 Å². The van der Waals surface area contributed by atoms with E-state index in [0.717, 1.165) is 27.6 Å². The summed E-state index contributed by atoms with van der Waals surface area (Å²) >= 11 is 0. The van der Waals surface area contributed by atoms with Crippen LogP contribution in [0.4, 0.5) is 0 Å². The van der Waals surface area contributed by atoms with Gasteiger partial charge in [-0.15, -0.1) is 0 Å². The zero-order valence-electron chi connectivity index (χ0n) is 19.1. The van der Waals surface area contributed by atoms with Crippen molar-refractivity contribution in [2.75, 3.05) is 13.4 Å². The maximum Gasteiger partial charge on any atom is 0.356 e. The first-order valence-corrected chi connectivity index (χ1v) is 12.6. The molecule has 0 radical (unpaired) electrons. The first-order chi connectivity index (χ1) is 16.2. The number of methoxy groups -OCH3 is 1. The second-order valence-corrected chi connectivity index (χ2v) is 10.5. The Labute approximate surface area is 198 Å². The highest BCUT2D eigenvalue weighted by atomic mass is 32.2. The minimum atomic E-state index is -3.15. The van der Waals surface area contributed by atoms with Crippen LogP contribution in [0.5, 0.6) is 11.5 Å². The molecule has 0 aliphatic carbocycles. The normalized spacial score (nSPS) is 12.3. The molecular formula is C26H24N2O5S. The molecule has 2 heterocycles. The van der Waals surface area contributed by atoms with Crippen LogP contribution in [0.15, 0.2) is 73.1 Å². The standard InChI is InChI=1S/C26H24N2O5S/c1-17(34(3,30)31)12-18-13-20-7-5-11-27-25(20)23(14-18)19-6-4-8-21(15-19)33-22-9-10-24(28-16-22)26(29)32-2/h4-11,13-17H,12H2,1-3H3. The van der Waals surface area contributed by atoms with Gasteiger partial charge in [-0.25, -0.2) is 18.2 Å². The van der Waals surface area contributed by atoms with Crippen LogP contribution in [0.1, 0.15) is 23.0 Å². The van der Waals surface area contributed by atoms with E-state index in [0.29, 0.717) is 17.9 Å². The number of esters is 1. The van der Waals surface area contributed by atoms with Crippen molar-refractivity contribution >= 4 is 26.7 Å². The van der Waals surface area contributed by atoms with Crippen molar-refractivity contribution in [3.05, 3.63) is 84.3 Å². The Morgan fingerprint density at radius 2 is 1.82 bits per heavy atom. The molecule has 0 N–H and O–H groups in total. The van der Waals surface area contributed by atoms with Gasteiger partial charge in [-0.2, -0.15) is 0 Å². The fourth-order valence-corrected chi connectivity index (χ4v) is 4.10. The lowest BCUT2D eigenvalue weighted by Gasteiger charge is -2.14. The average Bonchev–Trinajstić information content (AvgIpc) is 2.83. The monoisotopic (exact) mass is 476 g/mol. The van der Waals surface area contributed by atoms with Crippen molar-refractivity contribution in [1.29, 1.82) is 0 Å². The van der Waals surface area contributed by atoms with Gasteiger partial charge in [-0.3, -0.25) is 4.98 Å². The molecule has 0 aliphatic rings. The summed E-state index contributed by atoms with van der Waals surface area (Å²) in [6.45, 7) is 1.72. The second-order valence-electron chi connectivity index (χ2n) is 8.06. The molecule has 2 aromatic heterocycles. The van der Waals surface area contributed by atoms with Crippen LogP contribution in [-0.4, -0.2) is 43.0 Å². The number of benzene rings is 2. The molecule has 4 aromatic rings. The van der Waals surface area contributed by atoms with Crippen LogP contribution in [0.25, 0.3) is 22.0 Å². The summed E-state index contributed by atoms with van der Waals surface area (Å²) in [5.41, 5.74) is 3.70. The molecule has 1 unspecified atom stereocenters. The number of aromatic nitrogens is 2. The Morgan fingerprint density at radius 1 is 1.00 bits per heavy atom. The van der Waals surface area contributed by atoms with E-state index < -0.39 is 21.1 Å². The summed E-state index contributed by atoms with van der Waals surface area (Å²) in [5.74, 6) is 0.547. The van der Waals surface area contributed by atoms with Gasteiger partial charge in [-0.05, 0) is 66.9 Å².